The third-order valence-electron chi connectivity index (χ3n) is 4.11. The first-order chi connectivity index (χ1) is 12.3. The van der Waals surface area contributed by atoms with Crippen molar-refractivity contribution >= 4 is 32.5 Å². The predicted octanol–water partition coefficient (Wildman–Crippen LogP) is 2.62. The molecule has 2 aromatic rings. The highest BCUT2D eigenvalue weighted by Gasteiger charge is 2.29. The van der Waals surface area contributed by atoms with Crippen LogP contribution in [-0.2, 0) is 4.79 Å². The molecule has 0 atom stereocenters. The van der Waals surface area contributed by atoms with Crippen LogP contribution in [0.1, 0.15) is 11.1 Å². The van der Waals surface area contributed by atoms with E-state index in [2.05, 4.69) is 4.99 Å². The quantitative estimate of drug-likeness (QED) is 0.784. The average molecular weight is 348 g/mol. The number of carbonyl (C=O) groups is 1. The van der Waals surface area contributed by atoms with Gasteiger partial charge in [0, 0.05) is 11.8 Å². The molecule has 0 aromatic heterocycles. The second-order valence-electron chi connectivity index (χ2n) is 5.64. The van der Waals surface area contributed by atoms with Crippen LogP contribution >= 0.6 is 10.9 Å². The second-order valence-corrected chi connectivity index (χ2v) is 6.61. The molecule has 0 radical (unpaired) electrons. The number of benzene rings is 2. The predicted molar refractivity (Wildman–Crippen MR) is 98.2 cm³/mol. The molecule has 6 heteroatoms. The Bertz CT molecular complexity index is 1030. The number of nitrogens with zero attached hydrogens (tertiary/aromatic N) is 2. The van der Waals surface area contributed by atoms with E-state index < -0.39 is 0 Å². The van der Waals surface area contributed by atoms with Gasteiger partial charge in [0.2, 0.25) is 6.79 Å². The van der Waals surface area contributed by atoms with Crippen LogP contribution in [0.3, 0.4) is 0 Å². The zero-order valence-corrected chi connectivity index (χ0v) is 13.8. The molecular formula is C19H12N2O3S. The topological polar surface area (TPSA) is 51.1 Å². The van der Waals surface area contributed by atoms with Gasteiger partial charge in [-0.1, -0.05) is 41.3 Å². The number of hydrogen-bond acceptors (Lipinski definition) is 4. The maximum absolute atomic E-state index is 12.6. The van der Waals surface area contributed by atoms with E-state index in [1.807, 2.05) is 54.6 Å². The monoisotopic (exact) mass is 348 g/mol. The molecule has 0 N–H and O–H groups in total. The third kappa shape index (κ3) is 2.30. The third-order valence-corrected chi connectivity index (χ3v) is 5.20. The van der Waals surface area contributed by atoms with E-state index in [4.69, 9.17) is 9.47 Å². The molecule has 0 spiro atoms. The molecule has 0 saturated carbocycles. The summed E-state index contributed by atoms with van der Waals surface area (Å²) in [5.74, 6) is 1.41. The normalized spacial score (nSPS) is 17.5. The van der Waals surface area contributed by atoms with Crippen molar-refractivity contribution in [2.75, 3.05) is 6.79 Å². The van der Waals surface area contributed by atoms with E-state index in [9.17, 15) is 4.79 Å². The number of ether oxygens (including phenoxy) is 2. The van der Waals surface area contributed by atoms with Crippen LogP contribution in [0.15, 0.2) is 65.8 Å². The molecule has 25 heavy (non-hydrogen) atoms. The Balaban J connectivity index is 1.57. The molecule has 5 rings (SSSR count). The van der Waals surface area contributed by atoms with Gasteiger partial charge in [0.1, 0.15) is 4.86 Å². The van der Waals surface area contributed by atoms with Gasteiger partial charge in [-0.25, -0.2) is 4.99 Å². The van der Waals surface area contributed by atoms with Gasteiger partial charge >= 0.3 is 0 Å². The Hall–Kier alpha value is -3.12. The largest absolute Gasteiger partial charge is 0.454 e. The number of carbonyl (C=O) groups excluding carboxylic acids is 1. The average Bonchev–Trinajstić information content (AvgIpc) is 3.26. The van der Waals surface area contributed by atoms with Gasteiger partial charge in [-0.3, -0.25) is 9.69 Å². The van der Waals surface area contributed by atoms with Gasteiger partial charge in [0.25, 0.3) is 5.91 Å². The van der Waals surface area contributed by atoms with E-state index in [0.29, 0.717) is 15.7 Å². The summed E-state index contributed by atoms with van der Waals surface area (Å²) in [7, 11) is 1.39. The molecule has 5 nitrogen and oxygen atoms in total. The van der Waals surface area contributed by atoms with Gasteiger partial charge in [0.05, 0.1) is 5.71 Å². The Morgan fingerprint density at radius 1 is 1.00 bits per heavy atom. The summed E-state index contributed by atoms with van der Waals surface area (Å²) in [6, 6.07) is 15.4. The summed E-state index contributed by atoms with van der Waals surface area (Å²) in [4.78, 5) is 19.6. The lowest BCUT2D eigenvalue weighted by Gasteiger charge is -2.17. The van der Waals surface area contributed by atoms with Crippen LogP contribution < -0.4 is 9.47 Å². The van der Waals surface area contributed by atoms with Crippen LogP contribution in [0.5, 0.6) is 11.5 Å². The van der Waals surface area contributed by atoms with Crippen molar-refractivity contribution in [1.82, 2.24) is 4.90 Å². The Morgan fingerprint density at radius 2 is 1.84 bits per heavy atom. The molecule has 122 valence electrons. The Kier molecular flexibility index (Phi) is 3.11. The molecule has 3 heterocycles. The second kappa shape index (κ2) is 5.46. The smallest absolute Gasteiger partial charge is 0.274 e. The number of aliphatic imine (C=N–C) groups is 1. The molecule has 2 aromatic carbocycles. The summed E-state index contributed by atoms with van der Waals surface area (Å²) >= 11 is 0. The number of allylic oxidation sites excluding steroid dienone is 1. The van der Waals surface area contributed by atoms with Crippen LogP contribution in [0.4, 0.5) is 0 Å². The summed E-state index contributed by atoms with van der Waals surface area (Å²) in [5, 5.41) is 0.666. The molecular weight excluding hydrogens is 336 g/mol. The van der Waals surface area contributed by atoms with Crippen LogP contribution in [0.25, 0.3) is 0 Å². The number of hydrogen-bond donors (Lipinski definition) is 0. The summed E-state index contributed by atoms with van der Waals surface area (Å²) in [6.45, 7) is 0.242. The van der Waals surface area contributed by atoms with Crippen molar-refractivity contribution in [3.05, 3.63) is 71.9 Å². The van der Waals surface area contributed by atoms with Crippen LogP contribution in [0.2, 0.25) is 0 Å². The lowest BCUT2D eigenvalue weighted by atomic mass is 10.1. The fraction of sp³-hybridized carbons (Fsp3) is 0.0526. The van der Waals surface area contributed by atoms with E-state index in [0.717, 1.165) is 22.6 Å². The number of rotatable bonds is 2. The molecule has 3 aliphatic heterocycles. The molecule has 1 amide bonds. The van der Waals surface area contributed by atoms with Crippen molar-refractivity contribution in [2.24, 2.45) is 4.99 Å². The first-order valence-electron chi connectivity index (χ1n) is 7.77. The number of amides is 1. The summed E-state index contributed by atoms with van der Waals surface area (Å²) in [5.41, 5.74) is 2.63. The zero-order valence-electron chi connectivity index (χ0n) is 13.0. The Morgan fingerprint density at radius 3 is 2.72 bits per heavy atom. The number of fused-ring (bicyclic) bond motifs is 2. The maximum atomic E-state index is 12.6. The van der Waals surface area contributed by atoms with Crippen LogP contribution in [0, 0.1) is 0 Å². The lowest BCUT2D eigenvalue weighted by Crippen LogP contribution is -2.33. The molecule has 0 unspecified atom stereocenters. The van der Waals surface area contributed by atoms with E-state index >= 15 is 0 Å². The van der Waals surface area contributed by atoms with Crippen molar-refractivity contribution in [1.29, 1.82) is 0 Å². The highest BCUT2D eigenvalue weighted by atomic mass is 32.1. The van der Waals surface area contributed by atoms with E-state index in [1.165, 1.54) is 10.9 Å². The lowest BCUT2D eigenvalue weighted by molar-refractivity contribution is -0.118. The van der Waals surface area contributed by atoms with Gasteiger partial charge in [-0.05, 0) is 29.8 Å². The highest BCUT2D eigenvalue weighted by Crippen LogP contribution is 2.33. The highest BCUT2D eigenvalue weighted by molar-refractivity contribution is 8.00. The van der Waals surface area contributed by atoms with Crippen LogP contribution in [-0.4, -0.2) is 33.3 Å². The van der Waals surface area contributed by atoms with E-state index in [-0.39, 0.29) is 12.7 Å². The van der Waals surface area contributed by atoms with Gasteiger partial charge in [-0.2, -0.15) is 0 Å². The maximum Gasteiger partial charge on any atom is 0.274 e. The SMILES string of the molecule is O=C1C(c2ccccc2)=S=C2N=C(c3ccc4c(c3)OCO4)C=CN12. The van der Waals surface area contributed by atoms with Crippen molar-refractivity contribution in [2.45, 2.75) is 0 Å². The van der Waals surface area contributed by atoms with Gasteiger partial charge in [0.15, 0.2) is 16.6 Å². The minimum atomic E-state index is -0.0454. The Labute approximate surface area is 147 Å². The van der Waals surface area contributed by atoms with Gasteiger partial charge in [-0.15, -0.1) is 0 Å². The molecule has 0 fully saturated rings. The standard InChI is InChI=1S/C19H12N2O3S/c22-18-17(12-4-2-1-3-5-12)25-19-20-14(8-9-21(18)19)13-6-7-15-16(10-13)24-11-23-15/h1-10H,11H2. The summed E-state index contributed by atoms with van der Waals surface area (Å²) < 4.78 is 10.8. The minimum Gasteiger partial charge on any atom is -0.454 e. The minimum absolute atomic E-state index is 0.0454. The zero-order chi connectivity index (χ0) is 16.8. The fourth-order valence-corrected chi connectivity index (χ4v) is 3.87. The van der Waals surface area contributed by atoms with Crippen molar-refractivity contribution < 1.29 is 14.3 Å². The summed E-state index contributed by atoms with van der Waals surface area (Å²) in [6.07, 6.45) is 3.61. The van der Waals surface area contributed by atoms with E-state index in [1.54, 1.807) is 11.1 Å². The van der Waals surface area contributed by atoms with Crippen molar-refractivity contribution in [3.63, 3.8) is 0 Å². The molecule has 0 bridgehead atoms. The molecule has 0 saturated heterocycles. The van der Waals surface area contributed by atoms with Gasteiger partial charge < -0.3 is 9.47 Å². The molecule has 3 aliphatic rings. The first-order valence-corrected chi connectivity index (χ1v) is 8.59. The van der Waals surface area contributed by atoms with Crippen molar-refractivity contribution in [3.8, 4) is 11.5 Å². The fourth-order valence-electron chi connectivity index (χ4n) is 2.86. The first kappa shape index (κ1) is 14.2. The molecule has 0 aliphatic carbocycles.